The van der Waals surface area contributed by atoms with Crippen LogP contribution in [0.15, 0.2) is 11.1 Å². The number of carbonyl (C=O) groups excluding carboxylic acids is 1. The van der Waals surface area contributed by atoms with Gasteiger partial charge in [0.25, 0.3) is 0 Å². The molecule has 0 radical (unpaired) electrons. The van der Waals surface area contributed by atoms with E-state index in [0.29, 0.717) is 11.8 Å². The van der Waals surface area contributed by atoms with E-state index in [2.05, 4.69) is 0 Å². The minimum atomic E-state index is -0.0298. The van der Waals surface area contributed by atoms with Crippen LogP contribution in [0.1, 0.15) is 51.4 Å². The summed E-state index contributed by atoms with van der Waals surface area (Å²) in [7, 11) is 1.53. The molecule has 2 fully saturated rings. The van der Waals surface area contributed by atoms with Crippen molar-refractivity contribution in [3.63, 3.8) is 0 Å². The molecule has 0 saturated heterocycles. The molecule has 0 aliphatic heterocycles. The zero-order valence-corrected chi connectivity index (χ0v) is 10.7. The van der Waals surface area contributed by atoms with Crippen LogP contribution in [0.2, 0.25) is 0 Å². The van der Waals surface area contributed by atoms with Crippen LogP contribution in [0.4, 0.5) is 0 Å². The molecule has 94 valence electrons. The Balaban J connectivity index is 1.91. The van der Waals surface area contributed by atoms with E-state index in [-0.39, 0.29) is 5.97 Å². The number of allylic oxidation sites excluding steroid dienone is 1. The first-order chi connectivity index (χ1) is 8.31. The van der Waals surface area contributed by atoms with Crippen LogP contribution in [0, 0.1) is 17.8 Å². The molecule has 2 atom stereocenters. The maximum Gasteiger partial charge on any atom is 0.333 e. The monoisotopic (exact) mass is 234 g/mol. The van der Waals surface area contributed by atoms with E-state index < -0.39 is 0 Å². The van der Waals surface area contributed by atoms with Crippen LogP contribution in [0.5, 0.6) is 0 Å². The Bertz CT molecular complexity index is 350. The Hall–Kier alpha value is -0.790. The highest BCUT2D eigenvalue weighted by molar-refractivity contribution is 5.91. The van der Waals surface area contributed by atoms with Gasteiger partial charge in [-0.25, -0.2) is 4.79 Å². The Morgan fingerprint density at radius 3 is 2.41 bits per heavy atom. The number of ether oxygens (including phenoxy) is 1. The van der Waals surface area contributed by atoms with E-state index in [9.17, 15) is 4.79 Å². The molecule has 0 amide bonds. The highest BCUT2D eigenvalue weighted by Crippen LogP contribution is 2.53. The number of carbonyl (C=O) groups is 1. The molecule has 2 bridgehead atoms. The van der Waals surface area contributed by atoms with Gasteiger partial charge in [-0.1, -0.05) is 24.8 Å². The van der Waals surface area contributed by atoms with E-state index in [1.54, 1.807) is 0 Å². The number of esters is 1. The average Bonchev–Trinajstić information content (AvgIpc) is 2.99. The summed E-state index contributed by atoms with van der Waals surface area (Å²) in [6.07, 6.45) is 10.4. The molecular weight excluding hydrogens is 212 g/mol. The van der Waals surface area contributed by atoms with Gasteiger partial charge in [-0.05, 0) is 49.9 Å². The fourth-order valence-corrected chi connectivity index (χ4v) is 4.34. The van der Waals surface area contributed by atoms with Crippen molar-refractivity contribution in [1.29, 1.82) is 0 Å². The van der Waals surface area contributed by atoms with E-state index in [1.807, 2.05) is 0 Å². The summed E-state index contributed by atoms with van der Waals surface area (Å²) < 4.78 is 5.01. The first-order valence-corrected chi connectivity index (χ1v) is 7.13. The lowest BCUT2D eigenvalue weighted by Gasteiger charge is -2.29. The predicted molar refractivity (Wildman–Crippen MR) is 66.4 cm³/mol. The second-order valence-corrected chi connectivity index (χ2v) is 5.90. The van der Waals surface area contributed by atoms with Gasteiger partial charge in [0.1, 0.15) is 0 Å². The first-order valence-electron chi connectivity index (χ1n) is 7.13. The third-order valence-corrected chi connectivity index (χ3v) is 5.04. The summed E-state index contributed by atoms with van der Waals surface area (Å²) in [5.74, 6) is 1.92. The van der Waals surface area contributed by atoms with E-state index >= 15 is 0 Å². The zero-order valence-electron chi connectivity index (χ0n) is 10.7. The van der Waals surface area contributed by atoms with Crippen molar-refractivity contribution < 1.29 is 9.53 Å². The van der Waals surface area contributed by atoms with Crippen molar-refractivity contribution >= 4 is 5.97 Å². The number of methoxy groups -OCH3 is 1. The second-order valence-electron chi connectivity index (χ2n) is 5.90. The molecule has 0 aromatic heterocycles. The second kappa shape index (κ2) is 4.47. The molecule has 3 rings (SSSR count). The summed E-state index contributed by atoms with van der Waals surface area (Å²) in [4.78, 5) is 12.0. The normalized spacial score (nSPS) is 33.2. The smallest absolute Gasteiger partial charge is 0.333 e. The SMILES string of the molecule is COC(=O)C1=C(C2CCCCC2)C2CCC1C2. The first kappa shape index (κ1) is 11.3. The lowest BCUT2D eigenvalue weighted by atomic mass is 9.76. The van der Waals surface area contributed by atoms with Crippen molar-refractivity contribution in [2.45, 2.75) is 51.4 Å². The van der Waals surface area contributed by atoms with Crippen molar-refractivity contribution in [2.75, 3.05) is 7.11 Å². The number of fused-ring (bicyclic) bond motifs is 2. The highest BCUT2D eigenvalue weighted by Gasteiger charge is 2.44. The molecular formula is C15H22O2. The minimum Gasteiger partial charge on any atom is -0.466 e. The van der Waals surface area contributed by atoms with Crippen LogP contribution >= 0.6 is 0 Å². The fraction of sp³-hybridized carbons (Fsp3) is 0.800. The largest absolute Gasteiger partial charge is 0.466 e. The van der Waals surface area contributed by atoms with E-state index in [1.165, 1.54) is 64.0 Å². The van der Waals surface area contributed by atoms with Crippen LogP contribution in [-0.4, -0.2) is 13.1 Å². The van der Waals surface area contributed by atoms with Crippen molar-refractivity contribution in [3.8, 4) is 0 Å². The van der Waals surface area contributed by atoms with Gasteiger partial charge in [0, 0.05) is 5.57 Å². The molecule has 0 aromatic rings. The maximum absolute atomic E-state index is 12.0. The summed E-state index contributed by atoms with van der Waals surface area (Å²) in [5, 5.41) is 0. The van der Waals surface area contributed by atoms with Gasteiger partial charge in [0.05, 0.1) is 7.11 Å². The minimum absolute atomic E-state index is 0.0298. The summed E-state index contributed by atoms with van der Waals surface area (Å²) >= 11 is 0. The molecule has 0 heterocycles. The molecule has 0 spiro atoms. The molecule has 2 nitrogen and oxygen atoms in total. The third-order valence-electron chi connectivity index (χ3n) is 5.04. The number of hydrogen-bond acceptors (Lipinski definition) is 2. The molecule has 3 aliphatic rings. The topological polar surface area (TPSA) is 26.3 Å². The Morgan fingerprint density at radius 1 is 1.00 bits per heavy atom. The fourth-order valence-electron chi connectivity index (χ4n) is 4.34. The molecule has 17 heavy (non-hydrogen) atoms. The van der Waals surface area contributed by atoms with Crippen molar-refractivity contribution in [1.82, 2.24) is 0 Å². The van der Waals surface area contributed by atoms with Gasteiger partial charge >= 0.3 is 5.97 Å². The molecule has 0 N–H and O–H groups in total. The Morgan fingerprint density at radius 2 is 1.71 bits per heavy atom. The van der Waals surface area contributed by atoms with E-state index in [4.69, 9.17) is 4.74 Å². The standard InChI is InChI=1S/C15H22O2/c1-17-15(16)14-12-8-7-11(9-12)13(14)10-5-3-2-4-6-10/h10-12H,2-9H2,1H3. The van der Waals surface area contributed by atoms with Crippen molar-refractivity contribution in [2.24, 2.45) is 17.8 Å². The third kappa shape index (κ3) is 1.82. The van der Waals surface area contributed by atoms with Gasteiger partial charge < -0.3 is 4.74 Å². The molecule has 2 saturated carbocycles. The summed E-state index contributed by atoms with van der Waals surface area (Å²) in [6.45, 7) is 0. The van der Waals surface area contributed by atoms with Gasteiger partial charge in [-0.15, -0.1) is 0 Å². The average molecular weight is 234 g/mol. The highest BCUT2D eigenvalue weighted by atomic mass is 16.5. The molecule has 2 unspecified atom stereocenters. The Kier molecular flexibility index (Phi) is 2.97. The predicted octanol–water partition coefficient (Wildman–Crippen LogP) is 3.47. The van der Waals surface area contributed by atoms with Crippen LogP contribution in [0.3, 0.4) is 0 Å². The van der Waals surface area contributed by atoms with Gasteiger partial charge in [0.15, 0.2) is 0 Å². The van der Waals surface area contributed by atoms with Gasteiger partial charge in [0.2, 0.25) is 0 Å². The van der Waals surface area contributed by atoms with E-state index in [0.717, 1.165) is 11.5 Å². The van der Waals surface area contributed by atoms with Crippen molar-refractivity contribution in [3.05, 3.63) is 11.1 Å². The summed E-state index contributed by atoms with van der Waals surface area (Å²) in [6, 6.07) is 0. The van der Waals surface area contributed by atoms with Gasteiger partial charge in [-0.2, -0.15) is 0 Å². The lowest BCUT2D eigenvalue weighted by molar-refractivity contribution is -0.136. The van der Waals surface area contributed by atoms with Crippen LogP contribution in [-0.2, 0) is 9.53 Å². The molecule has 0 aromatic carbocycles. The Labute approximate surface area is 103 Å². The quantitative estimate of drug-likeness (QED) is 0.684. The van der Waals surface area contributed by atoms with Gasteiger partial charge in [-0.3, -0.25) is 0 Å². The van der Waals surface area contributed by atoms with Crippen LogP contribution in [0.25, 0.3) is 0 Å². The number of hydrogen-bond donors (Lipinski definition) is 0. The van der Waals surface area contributed by atoms with Crippen LogP contribution < -0.4 is 0 Å². The molecule has 2 heteroatoms. The number of rotatable bonds is 2. The maximum atomic E-state index is 12.0. The summed E-state index contributed by atoms with van der Waals surface area (Å²) in [5.41, 5.74) is 2.61. The molecule has 3 aliphatic carbocycles. The lowest BCUT2D eigenvalue weighted by Crippen LogP contribution is -2.20. The zero-order chi connectivity index (χ0) is 11.8.